The van der Waals surface area contributed by atoms with Crippen LogP contribution in [-0.2, 0) is 16.0 Å². The van der Waals surface area contributed by atoms with Crippen molar-refractivity contribution in [3.8, 4) is 0 Å². The van der Waals surface area contributed by atoms with Crippen LogP contribution in [0.4, 0.5) is 0 Å². The molecule has 6 nitrogen and oxygen atoms in total. The maximum absolute atomic E-state index is 12.8. The van der Waals surface area contributed by atoms with Gasteiger partial charge in [-0.15, -0.1) is 0 Å². The van der Waals surface area contributed by atoms with E-state index >= 15 is 0 Å². The molecular weight excluding hydrogens is 316 g/mol. The third-order valence-corrected chi connectivity index (χ3v) is 5.73. The summed E-state index contributed by atoms with van der Waals surface area (Å²) in [5, 5.41) is 6.74. The minimum atomic E-state index is -0.0460. The zero-order valence-corrected chi connectivity index (χ0v) is 15.2. The summed E-state index contributed by atoms with van der Waals surface area (Å²) in [5.41, 5.74) is 1.11. The number of carbonyl (C=O) groups excluding carboxylic acids is 2. The van der Waals surface area contributed by atoms with Crippen molar-refractivity contribution < 1.29 is 9.59 Å². The molecule has 1 saturated heterocycles. The van der Waals surface area contributed by atoms with Crippen molar-refractivity contribution in [1.29, 1.82) is 0 Å². The quantitative estimate of drug-likeness (QED) is 0.832. The highest BCUT2D eigenvalue weighted by Gasteiger charge is 2.35. The predicted octanol–water partition coefficient (Wildman–Crippen LogP) is 2.37. The number of nitrogens with one attached hydrogen (secondary N) is 1. The van der Waals surface area contributed by atoms with Gasteiger partial charge in [0.2, 0.25) is 11.8 Å². The number of amides is 2. The van der Waals surface area contributed by atoms with E-state index in [0.29, 0.717) is 32.0 Å². The van der Waals surface area contributed by atoms with Gasteiger partial charge in [0.15, 0.2) is 0 Å². The Morgan fingerprint density at radius 1 is 1.28 bits per heavy atom. The Morgan fingerprint density at radius 3 is 2.72 bits per heavy atom. The van der Waals surface area contributed by atoms with E-state index in [9.17, 15) is 9.59 Å². The van der Waals surface area contributed by atoms with Gasteiger partial charge in [0, 0.05) is 38.8 Å². The van der Waals surface area contributed by atoms with E-state index in [1.807, 2.05) is 23.0 Å². The summed E-state index contributed by atoms with van der Waals surface area (Å²) in [5.74, 6) is 0.377. The first kappa shape index (κ1) is 18.0. The fourth-order valence-corrected chi connectivity index (χ4v) is 4.13. The molecule has 6 heteroatoms. The number of aromatic nitrogens is 2. The average Bonchev–Trinajstić information content (AvgIpc) is 3.00. The predicted molar refractivity (Wildman–Crippen MR) is 95.9 cm³/mol. The molecule has 1 saturated carbocycles. The molecular formula is C19H30N4O2. The number of hydrogen-bond donors (Lipinski definition) is 1. The van der Waals surface area contributed by atoms with E-state index in [1.54, 1.807) is 6.20 Å². The molecule has 0 bridgehead atoms. The monoisotopic (exact) mass is 346 g/mol. The summed E-state index contributed by atoms with van der Waals surface area (Å²) in [4.78, 5) is 29.1. The van der Waals surface area contributed by atoms with Gasteiger partial charge in [-0.2, -0.15) is 5.10 Å². The molecule has 25 heavy (non-hydrogen) atoms. The van der Waals surface area contributed by atoms with Crippen LogP contribution >= 0.6 is 0 Å². The van der Waals surface area contributed by atoms with Gasteiger partial charge >= 0.3 is 0 Å². The van der Waals surface area contributed by atoms with E-state index < -0.39 is 0 Å². The molecule has 2 heterocycles. The fourth-order valence-electron chi connectivity index (χ4n) is 4.13. The first-order valence-corrected chi connectivity index (χ1v) is 9.67. The Bertz CT molecular complexity index is 564. The fraction of sp³-hybridized carbons (Fsp3) is 0.737. The lowest BCUT2D eigenvalue weighted by Crippen LogP contribution is -2.50. The van der Waals surface area contributed by atoms with E-state index in [1.165, 1.54) is 25.7 Å². The lowest BCUT2D eigenvalue weighted by atomic mass is 9.93. The van der Waals surface area contributed by atoms with Crippen LogP contribution in [0.1, 0.15) is 56.9 Å². The topological polar surface area (TPSA) is 69.3 Å². The summed E-state index contributed by atoms with van der Waals surface area (Å²) < 4.78 is 0. The van der Waals surface area contributed by atoms with Crippen LogP contribution in [-0.4, -0.2) is 58.0 Å². The molecule has 0 aromatic carbocycles. The molecule has 0 spiro atoms. The van der Waals surface area contributed by atoms with E-state index in [2.05, 4.69) is 10.2 Å². The molecule has 1 atom stereocenters. The highest BCUT2D eigenvalue weighted by atomic mass is 16.2. The minimum absolute atomic E-state index is 0.0460. The van der Waals surface area contributed by atoms with Gasteiger partial charge in [0.25, 0.3) is 0 Å². The lowest BCUT2D eigenvalue weighted by molar-refractivity contribution is -0.144. The van der Waals surface area contributed by atoms with Gasteiger partial charge in [0.05, 0.1) is 12.1 Å². The number of H-pyrrole nitrogens is 1. The number of piperidine rings is 1. The van der Waals surface area contributed by atoms with E-state index in [4.69, 9.17) is 0 Å². The lowest BCUT2D eigenvalue weighted by Gasteiger charge is -2.38. The van der Waals surface area contributed by atoms with Crippen LogP contribution < -0.4 is 0 Å². The molecule has 1 aromatic rings. The number of rotatable bonds is 5. The molecule has 1 aromatic heterocycles. The number of aromatic amines is 1. The summed E-state index contributed by atoms with van der Waals surface area (Å²) in [6.45, 7) is 1.30. The smallest absolute Gasteiger partial charge is 0.227 e. The maximum Gasteiger partial charge on any atom is 0.227 e. The largest absolute Gasteiger partial charge is 0.345 e. The van der Waals surface area contributed by atoms with Crippen molar-refractivity contribution in [2.24, 2.45) is 5.92 Å². The highest BCUT2D eigenvalue weighted by Crippen LogP contribution is 2.28. The summed E-state index contributed by atoms with van der Waals surface area (Å²) >= 11 is 0. The van der Waals surface area contributed by atoms with Crippen LogP contribution in [0.15, 0.2) is 12.4 Å². The first-order valence-electron chi connectivity index (χ1n) is 9.67. The van der Waals surface area contributed by atoms with Crippen LogP contribution in [0.25, 0.3) is 0 Å². The SMILES string of the molecule is CN(CCc1cn[nH]c1)C(=O)[C@H]1CCC(=O)N(C2CCCCCC2)C1. The normalized spacial score (nSPS) is 22.7. The molecule has 2 aliphatic rings. The van der Waals surface area contributed by atoms with E-state index in [0.717, 1.165) is 24.8 Å². The second-order valence-electron chi connectivity index (χ2n) is 7.54. The molecule has 1 aliphatic heterocycles. The Morgan fingerprint density at radius 2 is 2.04 bits per heavy atom. The van der Waals surface area contributed by atoms with Crippen LogP contribution in [0, 0.1) is 5.92 Å². The molecule has 0 radical (unpaired) electrons. The maximum atomic E-state index is 12.8. The van der Waals surface area contributed by atoms with Crippen LogP contribution in [0.3, 0.4) is 0 Å². The number of nitrogens with zero attached hydrogens (tertiary/aromatic N) is 3. The summed E-state index contributed by atoms with van der Waals surface area (Å²) in [6, 6.07) is 0.349. The molecule has 0 unspecified atom stereocenters. The molecule has 3 rings (SSSR count). The Kier molecular flexibility index (Phi) is 6.10. The van der Waals surface area contributed by atoms with Crippen LogP contribution in [0.2, 0.25) is 0 Å². The summed E-state index contributed by atoms with van der Waals surface area (Å²) in [6.07, 6.45) is 12.8. The van der Waals surface area contributed by atoms with Gasteiger partial charge in [-0.1, -0.05) is 25.7 Å². The van der Waals surface area contributed by atoms with Gasteiger partial charge in [-0.3, -0.25) is 14.7 Å². The zero-order valence-electron chi connectivity index (χ0n) is 15.2. The van der Waals surface area contributed by atoms with Gasteiger partial charge in [-0.05, 0) is 31.2 Å². The third kappa shape index (κ3) is 4.61. The number of carbonyl (C=O) groups is 2. The number of likely N-dealkylation sites (N-methyl/N-ethyl adjacent to an activating group) is 1. The van der Waals surface area contributed by atoms with Gasteiger partial charge in [-0.25, -0.2) is 0 Å². The zero-order chi connectivity index (χ0) is 17.6. The molecule has 138 valence electrons. The van der Waals surface area contributed by atoms with Crippen molar-refractivity contribution in [2.75, 3.05) is 20.1 Å². The first-order chi connectivity index (χ1) is 12.1. The molecule has 1 N–H and O–H groups in total. The minimum Gasteiger partial charge on any atom is -0.345 e. The molecule has 2 fully saturated rings. The average molecular weight is 346 g/mol. The standard InChI is InChI=1S/C19H30N4O2/c1-22(11-10-15-12-20-21-13-15)19(25)16-8-9-18(24)23(14-16)17-6-4-2-3-5-7-17/h12-13,16-17H,2-11,14H2,1H3,(H,20,21)/t16-/m0/s1. The number of likely N-dealkylation sites (tertiary alicyclic amines) is 1. The van der Waals surface area contributed by atoms with Gasteiger partial charge < -0.3 is 9.80 Å². The summed E-state index contributed by atoms with van der Waals surface area (Å²) in [7, 11) is 1.87. The molecule has 2 amide bonds. The van der Waals surface area contributed by atoms with Crippen molar-refractivity contribution >= 4 is 11.8 Å². The second kappa shape index (κ2) is 8.50. The number of hydrogen-bond acceptors (Lipinski definition) is 3. The highest BCUT2D eigenvalue weighted by molar-refractivity contribution is 5.84. The third-order valence-electron chi connectivity index (χ3n) is 5.73. The Labute approximate surface area is 149 Å². The van der Waals surface area contributed by atoms with Gasteiger partial charge in [0.1, 0.15) is 0 Å². The van der Waals surface area contributed by atoms with Crippen molar-refractivity contribution in [3.05, 3.63) is 18.0 Å². The molecule has 1 aliphatic carbocycles. The van der Waals surface area contributed by atoms with Crippen molar-refractivity contribution in [2.45, 2.75) is 63.8 Å². The second-order valence-corrected chi connectivity index (χ2v) is 7.54. The Balaban J connectivity index is 1.55. The van der Waals surface area contributed by atoms with E-state index in [-0.39, 0.29) is 17.7 Å². The van der Waals surface area contributed by atoms with Crippen molar-refractivity contribution in [3.63, 3.8) is 0 Å². The Hall–Kier alpha value is -1.85. The van der Waals surface area contributed by atoms with Crippen LogP contribution in [0.5, 0.6) is 0 Å². The van der Waals surface area contributed by atoms with Crippen molar-refractivity contribution in [1.82, 2.24) is 20.0 Å².